The Kier molecular flexibility index (Phi) is 3.31. The molecule has 1 atom stereocenters. The van der Waals surface area contributed by atoms with E-state index in [0.29, 0.717) is 0 Å². The van der Waals surface area contributed by atoms with Crippen molar-refractivity contribution in [3.63, 3.8) is 0 Å². The van der Waals surface area contributed by atoms with E-state index in [2.05, 4.69) is 5.32 Å². The summed E-state index contributed by atoms with van der Waals surface area (Å²) >= 11 is 0. The molecule has 0 aliphatic carbocycles. The van der Waals surface area contributed by atoms with Gasteiger partial charge in [-0.25, -0.2) is 4.79 Å². The Balaban J connectivity index is 2.97. The summed E-state index contributed by atoms with van der Waals surface area (Å²) in [6.45, 7) is 3.14. The average Bonchev–Trinajstić information content (AvgIpc) is 2.14. The summed E-state index contributed by atoms with van der Waals surface area (Å²) in [4.78, 5) is 10.6. The van der Waals surface area contributed by atoms with Crippen molar-refractivity contribution in [3.8, 4) is 0 Å². The van der Waals surface area contributed by atoms with Crippen LogP contribution in [-0.2, 0) is 0 Å². The molecule has 0 fully saturated rings. The van der Waals surface area contributed by atoms with Crippen molar-refractivity contribution in [2.75, 3.05) is 0 Å². The fourth-order valence-corrected chi connectivity index (χ4v) is 1.44. The highest BCUT2D eigenvalue weighted by molar-refractivity contribution is 5.65. The Morgan fingerprint density at radius 3 is 2.27 bits per heavy atom. The van der Waals surface area contributed by atoms with Crippen molar-refractivity contribution in [3.05, 3.63) is 35.9 Å². The molecule has 4 heteroatoms. The first-order valence-electron chi connectivity index (χ1n) is 4.68. The molecule has 15 heavy (non-hydrogen) atoms. The molecule has 1 aromatic carbocycles. The molecule has 0 aliphatic rings. The van der Waals surface area contributed by atoms with Gasteiger partial charge in [-0.3, -0.25) is 0 Å². The Hall–Kier alpha value is -1.55. The van der Waals surface area contributed by atoms with Gasteiger partial charge in [0.1, 0.15) is 0 Å². The van der Waals surface area contributed by atoms with Gasteiger partial charge in [-0.15, -0.1) is 0 Å². The Morgan fingerprint density at radius 2 is 1.87 bits per heavy atom. The van der Waals surface area contributed by atoms with E-state index in [0.717, 1.165) is 5.56 Å². The predicted octanol–water partition coefficient (Wildman–Crippen LogP) is 1.77. The van der Waals surface area contributed by atoms with E-state index in [9.17, 15) is 9.90 Å². The zero-order valence-corrected chi connectivity index (χ0v) is 8.77. The molecule has 0 aliphatic heterocycles. The fourth-order valence-electron chi connectivity index (χ4n) is 1.44. The fraction of sp³-hybridized carbons (Fsp3) is 0.364. The van der Waals surface area contributed by atoms with Crippen molar-refractivity contribution < 1.29 is 15.0 Å². The van der Waals surface area contributed by atoms with Gasteiger partial charge in [-0.2, -0.15) is 0 Å². The van der Waals surface area contributed by atoms with Gasteiger partial charge in [0.15, 0.2) is 0 Å². The minimum absolute atomic E-state index is 0.629. The highest BCUT2D eigenvalue weighted by Crippen LogP contribution is 2.24. The first-order chi connectivity index (χ1) is 6.91. The average molecular weight is 209 g/mol. The van der Waals surface area contributed by atoms with Crippen LogP contribution in [0.2, 0.25) is 0 Å². The van der Waals surface area contributed by atoms with Gasteiger partial charge < -0.3 is 15.5 Å². The third-order valence-corrected chi connectivity index (χ3v) is 2.11. The van der Waals surface area contributed by atoms with E-state index < -0.39 is 17.7 Å². The van der Waals surface area contributed by atoms with Crippen LogP contribution in [0.15, 0.2) is 30.3 Å². The Bertz CT molecular complexity index is 329. The van der Waals surface area contributed by atoms with Crippen LogP contribution >= 0.6 is 0 Å². The number of carboxylic acid groups (broad SMARTS) is 1. The summed E-state index contributed by atoms with van der Waals surface area (Å²) in [7, 11) is 0. The van der Waals surface area contributed by atoms with Crippen LogP contribution in [0.4, 0.5) is 4.79 Å². The van der Waals surface area contributed by atoms with E-state index in [-0.39, 0.29) is 0 Å². The molecule has 4 nitrogen and oxygen atoms in total. The molecule has 1 unspecified atom stereocenters. The number of amides is 1. The number of benzene rings is 1. The van der Waals surface area contributed by atoms with Crippen LogP contribution in [0, 0.1) is 0 Å². The Morgan fingerprint density at radius 1 is 1.33 bits per heavy atom. The van der Waals surface area contributed by atoms with Crippen molar-refractivity contribution >= 4 is 6.09 Å². The molecule has 0 saturated heterocycles. The summed E-state index contributed by atoms with van der Waals surface area (Å²) < 4.78 is 0. The zero-order valence-electron chi connectivity index (χ0n) is 8.77. The largest absolute Gasteiger partial charge is 0.465 e. The van der Waals surface area contributed by atoms with Crippen molar-refractivity contribution in [1.29, 1.82) is 0 Å². The van der Waals surface area contributed by atoms with Crippen LogP contribution in [0.3, 0.4) is 0 Å². The van der Waals surface area contributed by atoms with E-state index in [1.54, 1.807) is 38.1 Å². The minimum Gasteiger partial charge on any atom is -0.465 e. The normalized spacial score (nSPS) is 13.3. The lowest BCUT2D eigenvalue weighted by molar-refractivity contribution is 0.0372. The number of carbonyl (C=O) groups is 1. The SMILES string of the molecule is CC(C)(O)C(NC(=O)O)c1ccccc1. The van der Waals surface area contributed by atoms with Gasteiger partial charge in [-0.05, 0) is 19.4 Å². The molecule has 82 valence electrons. The molecule has 0 aromatic heterocycles. The van der Waals surface area contributed by atoms with Gasteiger partial charge in [0, 0.05) is 0 Å². The topological polar surface area (TPSA) is 69.6 Å². The molecule has 1 rings (SSSR count). The second kappa shape index (κ2) is 4.31. The quantitative estimate of drug-likeness (QED) is 0.710. The van der Waals surface area contributed by atoms with Crippen molar-refractivity contribution in [2.45, 2.75) is 25.5 Å². The summed E-state index contributed by atoms with van der Waals surface area (Å²) in [6, 6.07) is 8.37. The number of hydrogen-bond donors (Lipinski definition) is 3. The van der Waals surface area contributed by atoms with Crippen molar-refractivity contribution in [2.24, 2.45) is 0 Å². The summed E-state index contributed by atoms with van der Waals surface area (Å²) in [5, 5.41) is 20.8. The monoisotopic (exact) mass is 209 g/mol. The maximum atomic E-state index is 10.6. The molecular formula is C11H15NO3. The van der Waals surface area contributed by atoms with Gasteiger partial charge in [0.05, 0.1) is 11.6 Å². The van der Waals surface area contributed by atoms with Crippen LogP contribution < -0.4 is 5.32 Å². The molecular weight excluding hydrogens is 194 g/mol. The highest BCUT2D eigenvalue weighted by atomic mass is 16.4. The molecule has 1 amide bonds. The number of nitrogens with one attached hydrogen (secondary N) is 1. The Labute approximate surface area is 88.6 Å². The lowest BCUT2D eigenvalue weighted by atomic mass is 9.92. The first kappa shape index (κ1) is 11.5. The molecule has 0 saturated carbocycles. The van der Waals surface area contributed by atoms with Gasteiger partial charge in [-0.1, -0.05) is 30.3 Å². The van der Waals surface area contributed by atoms with Crippen LogP contribution in [0.5, 0.6) is 0 Å². The van der Waals surface area contributed by atoms with E-state index >= 15 is 0 Å². The lowest BCUT2D eigenvalue weighted by Gasteiger charge is -2.29. The lowest BCUT2D eigenvalue weighted by Crippen LogP contribution is -2.41. The van der Waals surface area contributed by atoms with Crippen LogP contribution in [0.25, 0.3) is 0 Å². The standard InChI is InChI=1S/C11H15NO3/c1-11(2,15)9(12-10(13)14)8-6-4-3-5-7-8/h3-7,9,12,15H,1-2H3,(H,13,14). The first-order valence-corrected chi connectivity index (χ1v) is 4.68. The van der Waals surface area contributed by atoms with Gasteiger partial charge in [0.25, 0.3) is 0 Å². The van der Waals surface area contributed by atoms with Gasteiger partial charge >= 0.3 is 6.09 Å². The summed E-state index contributed by atoms with van der Waals surface area (Å²) in [5.74, 6) is 0. The maximum absolute atomic E-state index is 10.6. The molecule has 0 heterocycles. The smallest absolute Gasteiger partial charge is 0.405 e. The summed E-state index contributed by atoms with van der Waals surface area (Å²) in [5.41, 5.74) is -0.396. The van der Waals surface area contributed by atoms with E-state index in [1.165, 1.54) is 0 Å². The molecule has 0 bridgehead atoms. The number of aliphatic hydroxyl groups is 1. The van der Waals surface area contributed by atoms with Crippen molar-refractivity contribution in [1.82, 2.24) is 5.32 Å². The second-order valence-corrected chi connectivity index (χ2v) is 3.95. The van der Waals surface area contributed by atoms with E-state index in [4.69, 9.17) is 5.11 Å². The zero-order chi connectivity index (χ0) is 11.5. The molecule has 3 N–H and O–H groups in total. The molecule has 0 spiro atoms. The predicted molar refractivity (Wildman–Crippen MR) is 56.6 cm³/mol. The number of rotatable bonds is 3. The van der Waals surface area contributed by atoms with Crippen LogP contribution in [-0.4, -0.2) is 21.9 Å². The maximum Gasteiger partial charge on any atom is 0.405 e. The van der Waals surface area contributed by atoms with E-state index in [1.807, 2.05) is 6.07 Å². The third kappa shape index (κ3) is 3.25. The number of hydrogen-bond acceptors (Lipinski definition) is 2. The third-order valence-electron chi connectivity index (χ3n) is 2.11. The second-order valence-electron chi connectivity index (χ2n) is 3.95. The highest BCUT2D eigenvalue weighted by Gasteiger charge is 2.29. The minimum atomic E-state index is -1.15. The molecule has 0 radical (unpaired) electrons. The van der Waals surface area contributed by atoms with Crippen LogP contribution in [0.1, 0.15) is 25.5 Å². The van der Waals surface area contributed by atoms with Gasteiger partial charge in [0.2, 0.25) is 0 Å². The molecule has 1 aromatic rings. The summed E-state index contributed by atoms with van der Waals surface area (Å²) in [6.07, 6.45) is -1.15.